The molecule has 1 aromatic carbocycles. The molecule has 5 heteroatoms. The van der Waals surface area contributed by atoms with Crippen LogP contribution in [-0.4, -0.2) is 35.2 Å². The van der Waals surface area contributed by atoms with Gasteiger partial charge in [-0.1, -0.05) is 35.9 Å². The molecule has 0 radical (unpaired) electrons. The fourth-order valence-corrected chi connectivity index (χ4v) is 1.83. The first kappa shape index (κ1) is 15.9. The molecule has 0 aliphatic carbocycles. The van der Waals surface area contributed by atoms with E-state index in [9.17, 15) is 9.59 Å². The van der Waals surface area contributed by atoms with E-state index in [1.54, 1.807) is 6.92 Å². The van der Waals surface area contributed by atoms with Gasteiger partial charge in [0.25, 0.3) is 0 Å². The molecule has 0 fully saturated rings. The van der Waals surface area contributed by atoms with Crippen molar-refractivity contribution in [2.45, 2.75) is 20.8 Å². The van der Waals surface area contributed by atoms with Gasteiger partial charge in [-0.2, -0.15) is 0 Å². The molecule has 0 spiro atoms. The Labute approximate surface area is 118 Å². The number of ether oxygens (including phenoxy) is 1. The Balaban J connectivity index is 3.23. The summed E-state index contributed by atoms with van der Waals surface area (Å²) in [4.78, 5) is 24.0. The van der Waals surface area contributed by atoms with Crippen LogP contribution in [0.2, 0.25) is 0 Å². The van der Waals surface area contributed by atoms with E-state index >= 15 is 0 Å². The highest BCUT2D eigenvalue weighted by Crippen LogP contribution is 2.23. The molecule has 1 rings (SSSR count). The molecule has 1 amide bonds. The third kappa shape index (κ3) is 3.93. The maximum absolute atomic E-state index is 11.9. The molecule has 0 aromatic heterocycles. The first-order valence-corrected chi connectivity index (χ1v) is 6.34. The van der Waals surface area contributed by atoms with Crippen LogP contribution in [0.25, 0.3) is 5.70 Å². The van der Waals surface area contributed by atoms with Crippen molar-refractivity contribution in [3.05, 3.63) is 41.5 Å². The zero-order chi connectivity index (χ0) is 15.1. The lowest BCUT2D eigenvalue weighted by atomic mass is 10.1. The van der Waals surface area contributed by atoms with Crippen molar-refractivity contribution in [1.82, 2.24) is 4.90 Å². The van der Waals surface area contributed by atoms with Gasteiger partial charge in [-0.05, 0) is 26.3 Å². The smallest absolute Gasteiger partial charge is 0.395 e. The Kier molecular flexibility index (Phi) is 5.93. The van der Waals surface area contributed by atoms with Crippen molar-refractivity contribution in [2.75, 3.05) is 13.3 Å². The summed E-state index contributed by atoms with van der Waals surface area (Å²) in [6.07, 6.45) is 0. The number of benzene rings is 1. The number of allylic oxidation sites excluding steroid dienone is 1. The summed E-state index contributed by atoms with van der Waals surface area (Å²) in [7, 11) is 0. The standard InChI is InChI=1S/C15H19NO4/c1-4-20-10-16(14(17)15(18)19)13(11(2)3)12-8-6-5-7-9-12/h5-9H,4,10H2,1-3H3,(H,18,19). The van der Waals surface area contributed by atoms with Crippen LogP contribution in [0.15, 0.2) is 35.9 Å². The predicted octanol–water partition coefficient (Wildman–Crippen LogP) is 2.34. The molecule has 1 N–H and O–H groups in total. The lowest BCUT2D eigenvalue weighted by Gasteiger charge is -2.25. The molecular weight excluding hydrogens is 258 g/mol. The topological polar surface area (TPSA) is 66.8 Å². The molecule has 0 bridgehead atoms. The van der Waals surface area contributed by atoms with E-state index in [4.69, 9.17) is 9.84 Å². The molecule has 0 saturated heterocycles. The van der Waals surface area contributed by atoms with Gasteiger partial charge in [-0.3, -0.25) is 9.69 Å². The quantitative estimate of drug-likeness (QED) is 0.662. The van der Waals surface area contributed by atoms with Crippen LogP contribution in [0.5, 0.6) is 0 Å². The van der Waals surface area contributed by atoms with E-state index in [1.807, 2.05) is 44.2 Å². The number of hydrogen-bond donors (Lipinski definition) is 1. The minimum atomic E-state index is -1.50. The third-order valence-corrected chi connectivity index (χ3v) is 2.64. The molecule has 0 heterocycles. The SMILES string of the molecule is CCOCN(C(=O)C(=O)O)C(=C(C)C)c1ccccc1. The van der Waals surface area contributed by atoms with Gasteiger partial charge in [0.15, 0.2) is 0 Å². The van der Waals surface area contributed by atoms with Crippen molar-refractivity contribution in [1.29, 1.82) is 0 Å². The van der Waals surface area contributed by atoms with Crippen LogP contribution >= 0.6 is 0 Å². The molecule has 20 heavy (non-hydrogen) atoms. The minimum Gasteiger partial charge on any atom is -0.474 e. The predicted molar refractivity (Wildman–Crippen MR) is 75.7 cm³/mol. The second-order valence-electron chi connectivity index (χ2n) is 4.37. The van der Waals surface area contributed by atoms with Crippen LogP contribution in [0.1, 0.15) is 26.3 Å². The number of rotatable bonds is 5. The second-order valence-corrected chi connectivity index (χ2v) is 4.37. The lowest BCUT2D eigenvalue weighted by Crippen LogP contribution is -2.37. The maximum Gasteiger partial charge on any atom is 0.395 e. The summed E-state index contributed by atoms with van der Waals surface area (Å²) in [6, 6.07) is 9.19. The molecule has 108 valence electrons. The van der Waals surface area contributed by atoms with Gasteiger partial charge in [0.05, 0.1) is 5.70 Å². The van der Waals surface area contributed by atoms with Crippen molar-refractivity contribution in [2.24, 2.45) is 0 Å². The summed E-state index contributed by atoms with van der Waals surface area (Å²) in [6.45, 7) is 5.76. The average Bonchev–Trinajstić information content (AvgIpc) is 2.43. The Bertz CT molecular complexity index is 504. The summed E-state index contributed by atoms with van der Waals surface area (Å²) in [5.74, 6) is -2.50. The largest absolute Gasteiger partial charge is 0.474 e. The van der Waals surface area contributed by atoms with Gasteiger partial charge in [-0.25, -0.2) is 4.79 Å². The monoisotopic (exact) mass is 277 g/mol. The molecule has 0 atom stereocenters. The van der Waals surface area contributed by atoms with Crippen LogP contribution in [0.3, 0.4) is 0 Å². The molecule has 0 saturated carbocycles. The van der Waals surface area contributed by atoms with Gasteiger partial charge in [0.2, 0.25) is 0 Å². The number of hydrogen-bond acceptors (Lipinski definition) is 3. The highest BCUT2D eigenvalue weighted by Gasteiger charge is 2.26. The number of carboxylic acids is 1. The van der Waals surface area contributed by atoms with E-state index in [-0.39, 0.29) is 6.73 Å². The number of carbonyl (C=O) groups is 2. The van der Waals surface area contributed by atoms with Crippen LogP contribution < -0.4 is 0 Å². The van der Waals surface area contributed by atoms with Crippen LogP contribution in [0.4, 0.5) is 0 Å². The fourth-order valence-electron chi connectivity index (χ4n) is 1.83. The van der Waals surface area contributed by atoms with E-state index in [1.165, 1.54) is 0 Å². The van der Waals surface area contributed by atoms with Gasteiger partial charge in [0.1, 0.15) is 6.73 Å². The van der Waals surface area contributed by atoms with E-state index in [0.717, 1.165) is 16.0 Å². The van der Waals surface area contributed by atoms with Crippen molar-refractivity contribution in [3.63, 3.8) is 0 Å². The highest BCUT2D eigenvalue weighted by molar-refractivity contribution is 6.33. The van der Waals surface area contributed by atoms with Gasteiger partial charge in [0, 0.05) is 6.61 Å². The van der Waals surface area contributed by atoms with Gasteiger partial charge < -0.3 is 9.84 Å². The summed E-state index contributed by atoms with van der Waals surface area (Å²) < 4.78 is 5.23. The summed E-state index contributed by atoms with van der Waals surface area (Å²) in [5.41, 5.74) is 2.18. The van der Waals surface area contributed by atoms with E-state index in [2.05, 4.69) is 0 Å². The van der Waals surface area contributed by atoms with E-state index < -0.39 is 11.9 Å². The summed E-state index contributed by atoms with van der Waals surface area (Å²) in [5, 5.41) is 8.96. The van der Waals surface area contributed by atoms with Gasteiger partial charge in [-0.15, -0.1) is 0 Å². The van der Waals surface area contributed by atoms with Crippen LogP contribution in [0, 0.1) is 0 Å². The molecule has 0 aliphatic heterocycles. The molecule has 1 aromatic rings. The Morgan fingerprint density at radius 2 is 1.80 bits per heavy atom. The van der Waals surface area contributed by atoms with Crippen molar-refractivity contribution >= 4 is 17.6 Å². The molecular formula is C15H19NO4. The lowest BCUT2D eigenvalue weighted by molar-refractivity contribution is -0.156. The maximum atomic E-state index is 11.9. The number of aliphatic carboxylic acids is 1. The first-order valence-electron chi connectivity index (χ1n) is 6.34. The number of amides is 1. The second kappa shape index (κ2) is 7.45. The Hall–Kier alpha value is -2.14. The zero-order valence-electron chi connectivity index (χ0n) is 11.9. The average molecular weight is 277 g/mol. The van der Waals surface area contributed by atoms with Crippen molar-refractivity contribution < 1.29 is 19.4 Å². The number of nitrogens with zero attached hydrogens (tertiary/aromatic N) is 1. The third-order valence-electron chi connectivity index (χ3n) is 2.64. The Morgan fingerprint density at radius 1 is 1.20 bits per heavy atom. The Morgan fingerprint density at radius 3 is 2.25 bits per heavy atom. The normalized spacial score (nSPS) is 9.95. The molecule has 0 aliphatic rings. The fraction of sp³-hybridized carbons (Fsp3) is 0.333. The molecule has 0 unspecified atom stereocenters. The zero-order valence-corrected chi connectivity index (χ0v) is 11.9. The van der Waals surface area contributed by atoms with Crippen LogP contribution in [-0.2, 0) is 14.3 Å². The number of carboxylic acid groups (broad SMARTS) is 1. The van der Waals surface area contributed by atoms with Crippen molar-refractivity contribution in [3.8, 4) is 0 Å². The number of carbonyl (C=O) groups excluding carboxylic acids is 1. The molecule has 5 nitrogen and oxygen atoms in total. The highest BCUT2D eigenvalue weighted by atomic mass is 16.5. The van der Waals surface area contributed by atoms with Gasteiger partial charge >= 0.3 is 11.9 Å². The first-order chi connectivity index (χ1) is 9.49. The van der Waals surface area contributed by atoms with E-state index in [0.29, 0.717) is 12.3 Å². The summed E-state index contributed by atoms with van der Waals surface area (Å²) >= 11 is 0. The minimum absolute atomic E-state index is 0.0863.